The number of thiazole rings is 1. The minimum Gasteiger partial charge on any atom is -0.366 e. The molecular weight excluding hydrogens is 519 g/mol. The van der Waals surface area contributed by atoms with Crippen LogP contribution in [0.5, 0.6) is 0 Å². The Morgan fingerprint density at radius 1 is 1.16 bits per heavy atom. The number of amides is 3. The van der Waals surface area contributed by atoms with E-state index in [1.54, 1.807) is 29.7 Å². The average molecular weight is 544 g/mol. The molecule has 2 atom stereocenters. The van der Waals surface area contributed by atoms with Crippen LogP contribution in [0.3, 0.4) is 0 Å². The summed E-state index contributed by atoms with van der Waals surface area (Å²) in [7, 11) is 0. The van der Waals surface area contributed by atoms with Crippen molar-refractivity contribution in [1.29, 1.82) is 0 Å². The van der Waals surface area contributed by atoms with Gasteiger partial charge in [0.25, 0.3) is 5.91 Å². The molecule has 198 valence electrons. The molecule has 3 aliphatic rings. The standard InChI is InChI=1S/C25H24F3N7O2S/c1-13(25(26,27)28)31-22(36)17-4-5-18-21(32-17)35(16-7-9-34(18)12-16)24(37)33-20-10-15(6-8-29-20)19-11-30-23(38-19)14-2-3-14/h4-6,8,10-11,13-14,16H,2-3,7,9,12H2,1H3,(H,31,36)(H,29,33,37)/t13-,16?/m1/s1. The molecular formula is C25H24F3N7O2S. The van der Waals surface area contributed by atoms with Gasteiger partial charge in [0.15, 0.2) is 5.82 Å². The summed E-state index contributed by atoms with van der Waals surface area (Å²) in [5.74, 6) is 0.173. The maximum atomic E-state index is 13.5. The minimum absolute atomic E-state index is 0.197. The number of alkyl halides is 3. The van der Waals surface area contributed by atoms with Crippen molar-refractivity contribution < 1.29 is 22.8 Å². The monoisotopic (exact) mass is 543 g/mol. The summed E-state index contributed by atoms with van der Waals surface area (Å²) in [5.41, 5.74) is 1.34. The Bertz CT molecular complexity index is 1410. The summed E-state index contributed by atoms with van der Waals surface area (Å²) in [5, 5.41) is 5.89. The largest absolute Gasteiger partial charge is 0.408 e. The van der Waals surface area contributed by atoms with E-state index in [0.717, 1.165) is 22.4 Å². The predicted molar refractivity (Wildman–Crippen MR) is 137 cm³/mol. The molecule has 2 aliphatic heterocycles. The zero-order valence-corrected chi connectivity index (χ0v) is 21.1. The smallest absolute Gasteiger partial charge is 0.366 e. The van der Waals surface area contributed by atoms with E-state index < -0.39 is 24.2 Å². The van der Waals surface area contributed by atoms with E-state index in [-0.39, 0.29) is 17.6 Å². The normalized spacial score (nSPS) is 19.2. The Balaban J connectivity index is 1.25. The molecule has 0 radical (unpaired) electrons. The van der Waals surface area contributed by atoms with Gasteiger partial charge in [0.2, 0.25) is 0 Å². The van der Waals surface area contributed by atoms with Gasteiger partial charge in [0.1, 0.15) is 17.6 Å². The fourth-order valence-corrected chi connectivity index (χ4v) is 5.80. The molecule has 1 saturated heterocycles. The molecule has 1 aliphatic carbocycles. The van der Waals surface area contributed by atoms with Crippen LogP contribution in [0, 0.1) is 0 Å². The highest BCUT2D eigenvalue weighted by Gasteiger charge is 2.41. The Kier molecular flexibility index (Phi) is 5.97. The van der Waals surface area contributed by atoms with Crippen LogP contribution in [-0.4, -0.2) is 58.2 Å². The van der Waals surface area contributed by atoms with Crippen LogP contribution in [0.2, 0.25) is 0 Å². The van der Waals surface area contributed by atoms with Crippen molar-refractivity contribution >= 4 is 40.6 Å². The molecule has 3 amide bonds. The first-order chi connectivity index (χ1) is 18.2. The molecule has 9 nitrogen and oxygen atoms in total. The molecule has 5 heterocycles. The van der Waals surface area contributed by atoms with E-state index >= 15 is 0 Å². The second kappa shape index (κ2) is 9.22. The summed E-state index contributed by atoms with van der Waals surface area (Å²) in [6.45, 7) is 2.15. The molecule has 3 aromatic heterocycles. The van der Waals surface area contributed by atoms with Crippen LogP contribution in [0.4, 0.5) is 35.3 Å². The second-order valence-electron chi connectivity index (χ2n) is 9.73. The van der Waals surface area contributed by atoms with Crippen molar-refractivity contribution in [3.8, 4) is 10.4 Å². The van der Waals surface area contributed by atoms with Crippen LogP contribution in [-0.2, 0) is 0 Å². The molecule has 13 heteroatoms. The van der Waals surface area contributed by atoms with E-state index in [4.69, 9.17) is 0 Å². The van der Waals surface area contributed by atoms with E-state index in [9.17, 15) is 22.8 Å². The first-order valence-corrected chi connectivity index (χ1v) is 13.1. The van der Waals surface area contributed by atoms with Gasteiger partial charge in [-0.2, -0.15) is 13.2 Å². The van der Waals surface area contributed by atoms with Gasteiger partial charge in [-0.3, -0.25) is 15.0 Å². The number of aromatic nitrogens is 3. The molecule has 0 aromatic carbocycles. The fraction of sp³-hybridized carbons (Fsp3) is 0.400. The van der Waals surface area contributed by atoms with Crippen molar-refractivity contribution in [2.45, 2.75) is 50.4 Å². The topological polar surface area (TPSA) is 103 Å². The van der Waals surface area contributed by atoms with E-state index in [1.807, 2.05) is 17.6 Å². The zero-order chi connectivity index (χ0) is 26.6. The van der Waals surface area contributed by atoms with Crippen LogP contribution in [0.25, 0.3) is 10.4 Å². The SMILES string of the molecule is C[C@@H](NC(=O)c1ccc2c(n1)N(C(=O)Nc1cc(-c3cnc(C4CC4)s3)ccn1)C1CCN2C1)C(F)(F)F. The Morgan fingerprint density at radius 2 is 1.97 bits per heavy atom. The first kappa shape index (κ1) is 24.6. The summed E-state index contributed by atoms with van der Waals surface area (Å²) in [6, 6.07) is 3.93. The molecule has 1 unspecified atom stereocenters. The third-order valence-electron chi connectivity index (χ3n) is 6.97. The quantitative estimate of drug-likeness (QED) is 0.480. The zero-order valence-electron chi connectivity index (χ0n) is 20.3. The molecule has 2 N–H and O–H groups in total. The molecule has 38 heavy (non-hydrogen) atoms. The van der Waals surface area contributed by atoms with E-state index in [0.29, 0.717) is 36.9 Å². The number of rotatable bonds is 5. The van der Waals surface area contributed by atoms with Crippen LogP contribution in [0.15, 0.2) is 36.7 Å². The summed E-state index contributed by atoms with van der Waals surface area (Å²) in [4.78, 5) is 43.7. The molecule has 0 spiro atoms. The molecule has 1 saturated carbocycles. The van der Waals surface area contributed by atoms with Gasteiger partial charge in [0.05, 0.1) is 21.6 Å². The molecule has 2 fully saturated rings. The summed E-state index contributed by atoms with van der Waals surface area (Å²) < 4.78 is 38.8. The molecule has 6 rings (SSSR count). The van der Waals surface area contributed by atoms with Crippen molar-refractivity contribution in [2.75, 3.05) is 28.2 Å². The number of urea groups is 1. The minimum atomic E-state index is -4.58. The number of halogens is 3. The Hall–Kier alpha value is -3.74. The lowest BCUT2D eigenvalue weighted by Gasteiger charge is -2.35. The number of carbonyl (C=O) groups excluding carboxylic acids is 2. The van der Waals surface area contributed by atoms with Gasteiger partial charge in [-0.25, -0.2) is 19.7 Å². The average Bonchev–Trinajstić information content (AvgIpc) is 3.46. The van der Waals surface area contributed by atoms with Gasteiger partial charge in [-0.15, -0.1) is 11.3 Å². The Labute approximate surface area is 220 Å². The number of fused-ring (bicyclic) bond motifs is 4. The predicted octanol–water partition coefficient (Wildman–Crippen LogP) is 4.79. The number of pyridine rings is 2. The number of carbonyl (C=O) groups is 2. The molecule has 3 aromatic rings. The van der Waals surface area contributed by atoms with Gasteiger partial charge < -0.3 is 10.2 Å². The van der Waals surface area contributed by atoms with Gasteiger partial charge in [-0.1, -0.05) is 0 Å². The maximum absolute atomic E-state index is 13.5. The van der Waals surface area contributed by atoms with Gasteiger partial charge >= 0.3 is 12.2 Å². The van der Waals surface area contributed by atoms with E-state index in [2.05, 4.69) is 25.2 Å². The van der Waals surface area contributed by atoms with Gasteiger partial charge in [0, 0.05) is 31.4 Å². The lowest BCUT2D eigenvalue weighted by Crippen LogP contribution is -2.49. The lowest BCUT2D eigenvalue weighted by molar-refractivity contribution is -0.149. The number of nitrogens with zero attached hydrogens (tertiary/aromatic N) is 5. The number of hydrogen-bond acceptors (Lipinski definition) is 7. The number of anilines is 3. The van der Waals surface area contributed by atoms with E-state index in [1.165, 1.54) is 23.8 Å². The third-order valence-corrected chi connectivity index (χ3v) is 8.18. The highest BCUT2D eigenvalue weighted by Crippen LogP contribution is 2.44. The first-order valence-electron chi connectivity index (χ1n) is 12.3. The highest BCUT2D eigenvalue weighted by atomic mass is 32.1. The van der Waals surface area contributed by atoms with Crippen LogP contribution in [0.1, 0.15) is 47.6 Å². The summed E-state index contributed by atoms with van der Waals surface area (Å²) in [6.07, 6.45) is 1.89. The van der Waals surface area contributed by atoms with Crippen LogP contribution >= 0.6 is 11.3 Å². The van der Waals surface area contributed by atoms with Crippen molar-refractivity contribution in [1.82, 2.24) is 20.3 Å². The Morgan fingerprint density at radius 3 is 2.74 bits per heavy atom. The number of hydrogen-bond donors (Lipinski definition) is 2. The second-order valence-corrected chi connectivity index (χ2v) is 10.8. The van der Waals surface area contributed by atoms with Crippen molar-refractivity contribution in [3.05, 3.63) is 47.4 Å². The van der Waals surface area contributed by atoms with Crippen molar-refractivity contribution in [3.63, 3.8) is 0 Å². The highest BCUT2D eigenvalue weighted by molar-refractivity contribution is 7.15. The summed E-state index contributed by atoms with van der Waals surface area (Å²) >= 11 is 1.64. The maximum Gasteiger partial charge on any atom is 0.408 e. The van der Waals surface area contributed by atoms with Gasteiger partial charge in [-0.05, 0) is 56.0 Å². The van der Waals surface area contributed by atoms with Crippen molar-refractivity contribution in [2.24, 2.45) is 0 Å². The third kappa shape index (κ3) is 4.66. The molecule has 2 bridgehead atoms. The van der Waals surface area contributed by atoms with Crippen LogP contribution < -0.4 is 20.4 Å². The lowest BCUT2D eigenvalue weighted by atomic mass is 10.1. The number of nitrogens with one attached hydrogen (secondary N) is 2. The fourth-order valence-electron chi connectivity index (χ4n) is 4.71.